The molecule has 120 valence electrons. The normalized spacial score (nSPS) is 17.1. The van der Waals surface area contributed by atoms with Gasteiger partial charge in [0.05, 0.1) is 10.0 Å². The monoisotopic (exact) mass is 362 g/mol. The lowest BCUT2D eigenvalue weighted by atomic mass is 10.3. The van der Waals surface area contributed by atoms with Crippen molar-refractivity contribution >= 4 is 39.1 Å². The molecule has 0 atom stereocenters. The molecule has 1 aromatic carbocycles. The second-order valence-electron chi connectivity index (χ2n) is 4.78. The molecular weight excluding hydrogens is 347 g/mol. The summed E-state index contributed by atoms with van der Waals surface area (Å²) in [6, 6.07) is 4.52. The zero-order valence-corrected chi connectivity index (χ0v) is 14.3. The maximum Gasteiger partial charge on any atom is 0.246 e. The van der Waals surface area contributed by atoms with Gasteiger partial charge in [-0.2, -0.15) is 4.31 Å². The fourth-order valence-electron chi connectivity index (χ4n) is 2.22. The van der Waals surface area contributed by atoms with Gasteiger partial charge < -0.3 is 4.90 Å². The smallest absolute Gasteiger partial charge is 0.246 e. The van der Waals surface area contributed by atoms with Crippen LogP contribution in [0.1, 0.15) is 6.92 Å². The molecule has 0 aliphatic carbocycles. The van der Waals surface area contributed by atoms with E-state index >= 15 is 0 Å². The van der Waals surface area contributed by atoms with Gasteiger partial charge in [-0.1, -0.05) is 35.3 Å². The van der Waals surface area contributed by atoms with Crippen molar-refractivity contribution in [2.24, 2.45) is 0 Å². The third-order valence-electron chi connectivity index (χ3n) is 3.39. The minimum atomic E-state index is -3.72. The molecule has 1 heterocycles. The van der Waals surface area contributed by atoms with E-state index in [2.05, 4.69) is 0 Å². The van der Waals surface area contributed by atoms with Crippen molar-refractivity contribution < 1.29 is 13.2 Å². The van der Waals surface area contributed by atoms with Crippen LogP contribution < -0.4 is 0 Å². The minimum absolute atomic E-state index is 0.00472. The standard InChI is InChI=1S/C14H16Cl2N2O3S/c1-2-4-13(19)17-7-9-18(10-8-17)22(20,21)12-6-3-5-11(15)14(12)16/h2-6H,7-10H2,1H3/b4-2+. The summed E-state index contributed by atoms with van der Waals surface area (Å²) in [6.45, 7) is 2.92. The molecule has 8 heteroatoms. The number of piperazine rings is 1. The van der Waals surface area contributed by atoms with Gasteiger partial charge in [0.25, 0.3) is 0 Å². The number of sulfonamides is 1. The summed E-state index contributed by atoms with van der Waals surface area (Å²) in [5.74, 6) is -0.111. The highest BCUT2D eigenvalue weighted by Crippen LogP contribution is 2.31. The maximum absolute atomic E-state index is 12.6. The van der Waals surface area contributed by atoms with E-state index in [1.54, 1.807) is 24.0 Å². The summed E-state index contributed by atoms with van der Waals surface area (Å²) in [6.07, 6.45) is 3.13. The molecule has 0 spiro atoms. The summed E-state index contributed by atoms with van der Waals surface area (Å²) in [7, 11) is -3.72. The number of carbonyl (C=O) groups is 1. The van der Waals surface area contributed by atoms with Crippen molar-refractivity contribution in [2.45, 2.75) is 11.8 Å². The third-order valence-corrected chi connectivity index (χ3v) is 6.27. The van der Waals surface area contributed by atoms with Crippen molar-refractivity contribution in [3.63, 3.8) is 0 Å². The first kappa shape index (κ1) is 17.3. The van der Waals surface area contributed by atoms with E-state index in [1.807, 2.05) is 0 Å². The molecule has 1 aliphatic heterocycles. The Morgan fingerprint density at radius 2 is 1.82 bits per heavy atom. The number of carbonyl (C=O) groups excluding carboxylic acids is 1. The van der Waals surface area contributed by atoms with Crippen LogP contribution in [0.3, 0.4) is 0 Å². The minimum Gasteiger partial charge on any atom is -0.337 e. The number of rotatable bonds is 3. The average molecular weight is 363 g/mol. The van der Waals surface area contributed by atoms with Crippen molar-refractivity contribution in [2.75, 3.05) is 26.2 Å². The Morgan fingerprint density at radius 1 is 1.18 bits per heavy atom. The molecule has 1 aromatic rings. The van der Waals surface area contributed by atoms with Crippen LogP contribution in [0.4, 0.5) is 0 Å². The van der Waals surface area contributed by atoms with E-state index in [4.69, 9.17) is 23.2 Å². The maximum atomic E-state index is 12.6. The third kappa shape index (κ3) is 3.46. The highest BCUT2D eigenvalue weighted by Gasteiger charge is 2.31. The molecule has 1 saturated heterocycles. The average Bonchev–Trinajstić information content (AvgIpc) is 2.50. The van der Waals surface area contributed by atoms with Gasteiger partial charge in [0.1, 0.15) is 4.90 Å². The molecule has 0 bridgehead atoms. The van der Waals surface area contributed by atoms with E-state index in [9.17, 15) is 13.2 Å². The number of nitrogens with zero attached hydrogens (tertiary/aromatic N) is 2. The molecule has 0 N–H and O–H groups in total. The van der Waals surface area contributed by atoms with Gasteiger partial charge in [0.15, 0.2) is 0 Å². The van der Waals surface area contributed by atoms with Crippen LogP contribution in [0.5, 0.6) is 0 Å². The van der Waals surface area contributed by atoms with Crippen molar-refractivity contribution in [1.29, 1.82) is 0 Å². The topological polar surface area (TPSA) is 57.7 Å². The zero-order valence-electron chi connectivity index (χ0n) is 12.0. The second kappa shape index (κ2) is 7.00. The van der Waals surface area contributed by atoms with Crippen molar-refractivity contribution in [3.8, 4) is 0 Å². The van der Waals surface area contributed by atoms with Crippen LogP contribution in [-0.4, -0.2) is 49.7 Å². The number of allylic oxidation sites excluding steroid dienone is 1. The van der Waals surface area contributed by atoms with Crippen LogP contribution in [0.25, 0.3) is 0 Å². The molecule has 0 radical (unpaired) electrons. The quantitative estimate of drug-likeness (QED) is 0.775. The van der Waals surface area contributed by atoms with E-state index in [1.165, 1.54) is 22.5 Å². The van der Waals surface area contributed by atoms with Gasteiger partial charge in [-0.25, -0.2) is 8.42 Å². The van der Waals surface area contributed by atoms with Gasteiger partial charge in [0, 0.05) is 26.2 Å². The summed E-state index contributed by atoms with van der Waals surface area (Å²) in [5, 5.41) is 0.223. The lowest BCUT2D eigenvalue weighted by Gasteiger charge is -2.33. The van der Waals surface area contributed by atoms with Crippen molar-refractivity contribution in [1.82, 2.24) is 9.21 Å². The Hall–Kier alpha value is -1.08. The van der Waals surface area contributed by atoms with E-state index in [-0.39, 0.29) is 33.9 Å². The predicted octanol–water partition coefficient (Wildman–Crippen LogP) is 2.40. The Balaban J connectivity index is 2.16. The summed E-state index contributed by atoms with van der Waals surface area (Å²) >= 11 is 11.9. The zero-order chi connectivity index (χ0) is 16.3. The molecule has 2 rings (SSSR count). The van der Waals surface area contributed by atoms with Gasteiger partial charge in [-0.05, 0) is 25.1 Å². The van der Waals surface area contributed by atoms with Crippen LogP contribution in [0.15, 0.2) is 35.2 Å². The Bertz CT molecular complexity index is 696. The predicted molar refractivity (Wildman–Crippen MR) is 86.6 cm³/mol. The first-order valence-corrected chi connectivity index (χ1v) is 8.93. The molecular formula is C14H16Cl2N2O3S. The molecule has 0 unspecified atom stereocenters. The second-order valence-corrected chi connectivity index (χ2v) is 7.47. The fourth-order valence-corrected chi connectivity index (χ4v) is 4.38. The van der Waals surface area contributed by atoms with Crippen LogP contribution in [0, 0.1) is 0 Å². The summed E-state index contributed by atoms with van der Waals surface area (Å²) in [5.41, 5.74) is 0. The fraction of sp³-hybridized carbons (Fsp3) is 0.357. The SMILES string of the molecule is C/C=C/C(=O)N1CCN(S(=O)(=O)c2cccc(Cl)c2Cl)CC1. The largest absolute Gasteiger partial charge is 0.337 e. The first-order chi connectivity index (χ1) is 10.4. The van der Waals surface area contributed by atoms with E-state index in [0.717, 1.165) is 0 Å². The van der Waals surface area contributed by atoms with Crippen LogP contribution in [-0.2, 0) is 14.8 Å². The molecule has 1 amide bonds. The number of hydrogen-bond donors (Lipinski definition) is 0. The van der Waals surface area contributed by atoms with Gasteiger partial charge >= 0.3 is 0 Å². The lowest BCUT2D eigenvalue weighted by Crippen LogP contribution is -2.50. The lowest BCUT2D eigenvalue weighted by molar-refractivity contribution is -0.127. The Morgan fingerprint density at radius 3 is 2.41 bits per heavy atom. The molecule has 0 saturated carbocycles. The van der Waals surface area contributed by atoms with Crippen LogP contribution >= 0.6 is 23.2 Å². The van der Waals surface area contributed by atoms with Crippen LogP contribution in [0.2, 0.25) is 10.0 Å². The van der Waals surface area contributed by atoms with Gasteiger partial charge in [0.2, 0.25) is 15.9 Å². The summed E-state index contributed by atoms with van der Waals surface area (Å²) in [4.78, 5) is 13.4. The Kier molecular flexibility index (Phi) is 5.50. The highest BCUT2D eigenvalue weighted by atomic mass is 35.5. The molecule has 5 nitrogen and oxygen atoms in total. The highest BCUT2D eigenvalue weighted by molar-refractivity contribution is 7.89. The molecule has 22 heavy (non-hydrogen) atoms. The molecule has 1 fully saturated rings. The summed E-state index contributed by atoms with van der Waals surface area (Å²) < 4.78 is 26.6. The number of hydrogen-bond acceptors (Lipinski definition) is 3. The molecule has 1 aliphatic rings. The van der Waals surface area contributed by atoms with Gasteiger partial charge in [-0.3, -0.25) is 4.79 Å². The first-order valence-electron chi connectivity index (χ1n) is 6.73. The number of amides is 1. The van der Waals surface area contributed by atoms with Gasteiger partial charge in [-0.15, -0.1) is 0 Å². The van der Waals surface area contributed by atoms with Crippen molar-refractivity contribution in [3.05, 3.63) is 40.4 Å². The number of halogens is 2. The number of benzene rings is 1. The Labute approximate surface area is 140 Å². The van der Waals surface area contributed by atoms with E-state index in [0.29, 0.717) is 13.1 Å². The van der Waals surface area contributed by atoms with E-state index < -0.39 is 10.0 Å². The molecule has 0 aromatic heterocycles.